The van der Waals surface area contributed by atoms with Gasteiger partial charge in [-0.05, 0) is 43.5 Å². The number of nitrogens with two attached hydrogens (primary N) is 1. The van der Waals surface area contributed by atoms with Gasteiger partial charge >= 0.3 is 0 Å². The fourth-order valence-corrected chi connectivity index (χ4v) is 3.94. The van der Waals surface area contributed by atoms with Gasteiger partial charge < -0.3 is 21.1 Å². The van der Waals surface area contributed by atoms with Crippen LogP contribution in [0, 0.1) is 5.92 Å². The smallest absolute Gasteiger partial charge is 0.220 e. The number of hydrogen-bond donors (Lipinski definition) is 4. The summed E-state index contributed by atoms with van der Waals surface area (Å²) in [5, 5.41) is 29.0. The van der Waals surface area contributed by atoms with Gasteiger partial charge in [-0.1, -0.05) is 57.0 Å². The number of aliphatic hydroxyl groups excluding tert-OH is 1. The molecule has 1 aliphatic rings. The highest BCUT2D eigenvalue weighted by molar-refractivity contribution is 8.00. The maximum absolute atomic E-state index is 10.4. The van der Waals surface area contributed by atoms with Crippen LogP contribution < -0.4 is 5.73 Å². The first-order chi connectivity index (χ1) is 11.0. The topological polar surface area (TPSA) is 86.7 Å². The van der Waals surface area contributed by atoms with Gasteiger partial charge in [0.1, 0.15) is 0 Å². The van der Waals surface area contributed by atoms with Crippen molar-refractivity contribution in [2.45, 2.75) is 68.5 Å². The Bertz CT molecular complexity index is 448. The molecule has 0 spiro atoms. The number of hydrogen-bond acceptors (Lipinski definition) is 5. The van der Waals surface area contributed by atoms with Gasteiger partial charge in [-0.3, -0.25) is 0 Å². The predicted octanol–water partition coefficient (Wildman–Crippen LogP) is 3.41. The summed E-state index contributed by atoms with van der Waals surface area (Å²) in [6.07, 6.45) is 4.91. The molecule has 0 aromatic heterocycles. The molecule has 1 aliphatic carbocycles. The third-order valence-electron chi connectivity index (χ3n) is 4.09. The molecule has 2 rings (SSSR count). The van der Waals surface area contributed by atoms with E-state index in [2.05, 4.69) is 0 Å². The molecule has 0 saturated heterocycles. The molecule has 0 radical (unpaired) electrons. The van der Waals surface area contributed by atoms with Gasteiger partial charge in [0, 0.05) is 10.8 Å². The van der Waals surface area contributed by atoms with E-state index < -0.39 is 11.2 Å². The number of rotatable bonds is 6. The van der Waals surface area contributed by atoms with Gasteiger partial charge in [0.05, 0.1) is 6.10 Å². The highest BCUT2D eigenvalue weighted by atomic mass is 32.2. The van der Waals surface area contributed by atoms with E-state index in [0.29, 0.717) is 13.0 Å². The van der Waals surface area contributed by atoms with Crippen LogP contribution in [0.4, 0.5) is 0 Å². The highest BCUT2D eigenvalue weighted by Crippen LogP contribution is 2.41. The molecule has 0 heterocycles. The van der Waals surface area contributed by atoms with E-state index in [1.54, 1.807) is 0 Å². The van der Waals surface area contributed by atoms with Gasteiger partial charge in [0.25, 0.3) is 0 Å². The summed E-state index contributed by atoms with van der Waals surface area (Å²) in [6, 6.07) is 7.32. The Labute approximate surface area is 144 Å². The van der Waals surface area contributed by atoms with E-state index in [4.69, 9.17) is 5.73 Å². The highest BCUT2D eigenvalue weighted by Gasteiger charge is 2.36. The first-order valence-electron chi connectivity index (χ1n) is 8.65. The molecule has 0 bridgehead atoms. The molecule has 1 unspecified atom stereocenters. The van der Waals surface area contributed by atoms with Gasteiger partial charge in [0.15, 0.2) is 0 Å². The van der Waals surface area contributed by atoms with E-state index in [1.165, 1.54) is 6.42 Å². The lowest BCUT2D eigenvalue weighted by atomic mass is 9.88. The molecule has 132 valence electrons. The molecule has 1 aromatic carbocycles. The van der Waals surface area contributed by atoms with Crippen molar-refractivity contribution in [3.8, 4) is 0 Å². The van der Waals surface area contributed by atoms with Crippen molar-refractivity contribution in [2.75, 3.05) is 6.54 Å². The number of benzene rings is 1. The van der Waals surface area contributed by atoms with Crippen molar-refractivity contribution in [3.05, 3.63) is 29.8 Å². The molecule has 0 aliphatic heterocycles. The van der Waals surface area contributed by atoms with Crippen molar-refractivity contribution >= 4 is 11.8 Å². The monoisotopic (exact) mass is 341 g/mol. The second-order valence-electron chi connectivity index (χ2n) is 5.76. The Balaban J connectivity index is 0.00000127. The minimum atomic E-state index is -1.74. The van der Waals surface area contributed by atoms with Crippen molar-refractivity contribution in [3.63, 3.8) is 0 Å². The van der Waals surface area contributed by atoms with Crippen LogP contribution in [0.5, 0.6) is 0 Å². The zero-order chi connectivity index (χ0) is 17.3. The number of aliphatic hydroxyl groups is 3. The van der Waals surface area contributed by atoms with Crippen molar-refractivity contribution in [1.82, 2.24) is 0 Å². The maximum atomic E-state index is 10.4. The fraction of sp³-hybridized carbons (Fsp3) is 0.667. The van der Waals surface area contributed by atoms with Gasteiger partial charge in [0.2, 0.25) is 5.12 Å². The lowest BCUT2D eigenvalue weighted by Crippen LogP contribution is -2.35. The first-order valence-corrected chi connectivity index (χ1v) is 9.46. The molecule has 1 fully saturated rings. The second kappa shape index (κ2) is 10.3. The Kier molecular flexibility index (Phi) is 9.17. The minimum Gasteiger partial charge on any atom is -0.388 e. The van der Waals surface area contributed by atoms with Crippen LogP contribution in [0.3, 0.4) is 0 Å². The molecule has 1 atom stereocenters. The summed E-state index contributed by atoms with van der Waals surface area (Å²) < 4.78 is 0. The molecule has 5 heteroatoms. The zero-order valence-electron chi connectivity index (χ0n) is 14.2. The SMILES string of the molecule is CC.NCCC(O)c1cccc(SC(O)(O)C2CCCCC2)c1. The van der Waals surface area contributed by atoms with Gasteiger partial charge in [-0.25, -0.2) is 0 Å². The third kappa shape index (κ3) is 6.43. The molecule has 23 heavy (non-hydrogen) atoms. The Morgan fingerprint density at radius 3 is 2.48 bits per heavy atom. The molecular weight excluding hydrogens is 310 g/mol. The molecule has 5 N–H and O–H groups in total. The lowest BCUT2D eigenvalue weighted by Gasteiger charge is -2.33. The fourth-order valence-electron chi connectivity index (χ4n) is 2.85. The number of thioether (sulfide) groups is 1. The molecule has 1 aromatic rings. The average molecular weight is 342 g/mol. The van der Waals surface area contributed by atoms with Crippen LogP contribution in [-0.2, 0) is 0 Å². The quantitative estimate of drug-likeness (QED) is 0.470. The largest absolute Gasteiger partial charge is 0.388 e. The summed E-state index contributed by atoms with van der Waals surface area (Å²) in [5.74, 6) is -0.0890. The van der Waals surface area contributed by atoms with E-state index in [9.17, 15) is 15.3 Å². The van der Waals surface area contributed by atoms with Crippen LogP contribution in [0.15, 0.2) is 29.2 Å². The third-order valence-corrected chi connectivity index (χ3v) is 5.21. The molecule has 1 saturated carbocycles. The van der Waals surface area contributed by atoms with E-state index >= 15 is 0 Å². The van der Waals surface area contributed by atoms with E-state index in [0.717, 1.165) is 47.9 Å². The normalized spacial score (nSPS) is 17.3. The summed E-state index contributed by atoms with van der Waals surface area (Å²) in [6.45, 7) is 4.42. The standard InChI is InChI=1S/C16H25NO3S.C2H6/c17-10-9-15(18)12-5-4-8-14(11-12)21-16(19,20)13-6-2-1-3-7-13;1-2/h4-5,8,11,13,15,18-20H,1-3,6-7,9-10,17H2;1-2H3. The van der Waals surface area contributed by atoms with Crippen LogP contribution >= 0.6 is 11.8 Å². The second-order valence-corrected chi connectivity index (χ2v) is 7.04. The Morgan fingerprint density at radius 1 is 1.22 bits per heavy atom. The Hall–Kier alpha value is -0.590. The summed E-state index contributed by atoms with van der Waals surface area (Å²) in [4.78, 5) is 0.763. The lowest BCUT2D eigenvalue weighted by molar-refractivity contribution is -0.127. The molecule has 4 nitrogen and oxygen atoms in total. The molecular formula is C18H31NO3S. The van der Waals surface area contributed by atoms with Gasteiger partial charge in [-0.15, -0.1) is 0 Å². The van der Waals surface area contributed by atoms with Crippen LogP contribution in [0.2, 0.25) is 0 Å². The Morgan fingerprint density at radius 2 is 1.87 bits per heavy atom. The molecule has 0 amide bonds. The van der Waals surface area contributed by atoms with Crippen LogP contribution in [0.25, 0.3) is 0 Å². The minimum absolute atomic E-state index is 0.0890. The van der Waals surface area contributed by atoms with Crippen molar-refractivity contribution in [2.24, 2.45) is 11.7 Å². The first kappa shape index (κ1) is 20.5. The van der Waals surface area contributed by atoms with Crippen LogP contribution in [0.1, 0.15) is 64.0 Å². The van der Waals surface area contributed by atoms with E-state index in [-0.39, 0.29) is 5.92 Å². The van der Waals surface area contributed by atoms with Gasteiger partial charge in [-0.2, -0.15) is 0 Å². The van der Waals surface area contributed by atoms with Crippen LogP contribution in [-0.4, -0.2) is 27.0 Å². The average Bonchev–Trinajstić information content (AvgIpc) is 2.57. The summed E-state index contributed by atoms with van der Waals surface area (Å²) >= 11 is 1.07. The van der Waals surface area contributed by atoms with Crippen molar-refractivity contribution in [1.29, 1.82) is 0 Å². The van der Waals surface area contributed by atoms with E-state index in [1.807, 2.05) is 38.1 Å². The summed E-state index contributed by atoms with van der Waals surface area (Å²) in [7, 11) is 0. The van der Waals surface area contributed by atoms with Crippen molar-refractivity contribution < 1.29 is 15.3 Å². The predicted molar refractivity (Wildman–Crippen MR) is 96.0 cm³/mol. The summed E-state index contributed by atoms with van der Waals surface area (Å²) in [5.41, 5.74) is 6.23. The maximum Gasteiger partial charge on any atom is 0.220 e. The zero-order valence-corrected chi connectivity index (χ0v) is 15.1.